The molecule has 2 aromatic carbocycles. The number of carbonyl (C=O) groups is 2. The first-order chi connectivity index (χ1) is 13.5. The molecular weight excluding hydrogens is 382 g/mol. The molecule has 0 aliphatic rings. The Bertz CT molecular complexity index is 855. The van der Waals surface area contributed by atoms with Gasteiger partial charge in [-0.05, 0) is 36.8 Å². The van der Waals surface area contributed by atoms with Gasteiger partial charge < -0.3 is 14.8 Å². The molecule has 0 aliphatic carbocycles. The zero-order chi connectivity index (χ0) is 20.4. The van der Waals surface area contributed by atoms with E-state index in [1.54, 1.807) is 42.5 Å². The maximum absolute atomic E-state index is 12.2. The molecule has 0 fully saturated rings. The van der Waals surface area contributed by atoms with E-state index in [0.717, 1.165) is 6.42 Å². The van der Waals surface area contributed by atoms with Gasteiger partial charge in [-0.3, -0.25) is 9.59 Å². The third kappa shape index (κ3) is 6.28. The number of nitrogens with zero attached hydrogens (tertiary/aromatic N) is 1. The normalized spacial score (nSPS) is 10.5. The third-order valence-corrected chi connectivity index (χ3v) is 3.82. The lowest BCUT2D eigenvalue weighted by molar-refractivity contribution is -0.120. The van der Waals surface area contributed by atoms with Gasteiger partial charge in [-0.25, -0.2) is 5.43 Å². The predicted octanol–water partition coefficient (Wildman–Crippen LogP) is 3.02. The number of benzene rings is 2. The van der Waals surface area contributed by atoms with E-state index in [4.69, 9.17) is 21.1 Å². The van der Waals surface area contributed by atoms with Gasteiger partial charge in [0.15, 0.2) is 0 Å². The molecule has 0 saturated carbocycles. The van der Waals surface area contributed by atoms with Crippen LogP contribution in [-0.2, 0) is 4.79 Å². The van der Waals surface area contributed by atoms with E-state index in [0.29, 0.717) is 34.3 Å². The number of amides is 2. The predicted molar refractivity (Wildman–Crippen MR) is 108 cm³/mol. The van der Waals surface area contributed by atoms with Gasteiger partial charge in [-0.1, -0.05) is 30.7 Å². The first kappa shape index (κ1) is 21.2. The second-order valence-corrected chi connectivity index (χ2v) is 6.14. The zero-order valence-corrected chi connectivity index (χ0v) is 16.5. The molecule has 0 aliphatic heterocycles. The number of hydrazone groups is 1. The molecule has 0 aromatic heterocycles. The summed E-state index contributed by atoms with van der Waals surface area (Å²) in [4.78, 5) is 24.1. The second kappa shape index (κ2) is 10.9. The quantitative estimate of drug-likeness (QED) is 0.497. The Kier molecular flexibility index (Phi) is 8.30. The minimum atomic E-state index is -0.474. The van der Waals surface area contributed by atoms with Gasteiger partial charge in [0, 0.05) is 10.6 Å². The van der Waals surface area contributed by atoms with Crippen LogP contribution in [0.4, 0.5) is 0 Å². The van der Waals surface area contributed by atoms with Gasteiger partial charge >= 0.3 is 0 Å². The van der Waals surface area contributed by atoms with Crippen molar-refractivity contribution in [3.05, 3.63) is 58.6 Å². The van der Waals surface area contributed by atoms with Crippen LogP contribution in [0.1, 0.15) is 29.3 Å². The van der Waals surface area contributed by atoms with Gasteiger partial charge in [-0.15, -0.1) is 0 Å². The lowest BCUT2D eigenvalue weighted by Gasteiger charge is -2.09. The van der Waals surface area contributed by atoms with E-state index in [1.807, 2.05) is 6.92 Å². The Morgan fingerprint density at radius 3 is 2.71 bits per heavy atom. The molecule has 148 valence electrons. The summed E-state index contributed by atoms with van der Waals surface area (Å²) in [7, 11) is 1.47. The SMILES string of the molecule is CCCOc1ccc(Cl)cc1C=NNC(=O)CNC(=O)c1ccccc1OC. The first-order valence-electron chi connectivity index (χ1n) is 8.70. The number of hydrogen-bond donors (Lipinski definition) is 2. The molecule has 0 atom stereocenters. The topological polar surface area (TPSA) is 89.0 Å². The summed E-state index contributed by atoms with van der Waals surface area (Å²) in [6.07, 6.45) is 2.30. The molecule has 0 heterocycles. The standard InChI is InChI=1S/C20H22ClN3O4/c1-3-10-28-17-9-8-15(21)11-14(17)12-23-24-19(25)13-22-20(26)16-6-4-5-7-18(16)27-2/h4-9,11-12H,3,10,13H2,1-2H3,(H,22,26)(H,24,25). The monoisotopic (exact) mass is 403 g/mol. The first-order valence-corrected chi connectivity index (χ1v) is 9.08. The molecule has 0 radical (unpaired) electrons. The molecule has 2 rings (SSSR count). The van der Waals surface area contributed by atoms with Gasteiger partial charge in [0.2, 0.25) is 0 Å². The summed E-state index contributed by atoms with van der Waals surface area (Å²) in [5, 5.41) is 6.94. The fourth-order valence-electron chi connectivity index (χ4n) is 2.27. The van der Waals surface area contributed by atoms with Crippen LogP contribution in [0.2, 0.25) is 5.02 Å². The lowest BCUT2D eigenvalue weighted by Crippen LogP contribution is -2.35. The van der Waals surface area contributed by atoms with Crippen molar-refractivity contribution < 1.29 is 19.1 Å². The minimum Gasteiger partial charge on any atom is -0.496 e. The molecule has 2 amide bonds. The van der Waals surface area contributed by atoms with Crippen molar-refractivity contribution in [3.8, 4) is 11.5 Å². The molecular formula is C20H22ClN3O4. The summed E-state index contributed by atoms with van der Waals surface area (Å²) < 4.78 is 10.7. The van der Waals surface area contributed by atoms with Crippen LogP contribution < -0.4 is 20.2 Å². The molecule has 8 heteroatoms. The van der Waals surface area contributed by atoms with Gasteiger partial charge in [0.25, 0.3) is 11.8 Å². The van der Waals surface area contributed by atoms with Crippen LogP contribution >= 0.6 is 11.6 Å². The molecule has 2 N–H and O–H groups in total. The fourth-order valence-corrected chi connectivity index (χ4v) is 2.45. The number of nitrogens with one attached hydrogen (secondary N) is 2. The number of methoxy groups -OCH3 is 1. The van der Waals surface area contributed by atoms with Crippen molar-refractivity contribution in [2.45, 2.75) is 13.3 Å². The minimum absolute atomic E-state index is 0.233. The largest absolute Gasteiger partial charge is 0.496 e. The Morgan fingerprint density at radius 2 is 1.96 bits per heavy atom. The van der Waals surface area contributed by atoms with Crippen LogP contribution in [0.25, 0.3) is 0 Å². The number of para-hydroxylation sites is 1. The molecule has 28 heavy (non-hydrogen) atoms. The fraction of sp³-hybridized carbons (Fsp3) is 0.250. The maximum Gasteiger partial charge on any atom is 0.259 e. The number of ether oxygens (including phenoxy) is 2. The van der Waals surface area contributed by atoms with Crippen molar-refractivity contribution >= 4 is 29.6 Å². The number of halogens is 1. The highest BCUT2D eigenvalue weighted by Gasteiger charge is 2.12. The second-order valence-electron chi connectivity index (χ2n) is 5.71. The highest BCUT2D eigenvalue weighted by Crippen LogP contribution is 2.21. The summed E-state index contributed by atoms with van der Waals surface area (Å²) in [5.41, 5.74) is 3.34. The Labute approximate surface area is 168 Å². The van der Waals surface area contributed by atoms with E-state index in [2.05, 4.69) is 15.8 Å². The molecule has 0 saturated heterocycles. The Morgan fingerprint density at radius 1 is 1.18 bits per heavy atom. The highest BCUT2D eigenvalue weighted by molar-refractivity contribution is 6.30. The summed E-state index contributed by atoms with van der Waals surface area (Å²) in [5.74, 6) is 0.159. The van der Waals surface area contributed by atoms with Crippen molar-refractivity contribution in [2.24, 2.45) is 5.10 Å². The highest BCUT2D eigenvalue weighted by atomic mass is 35.5. The van der Waals surface area contributed by atoms with E-state index in [9.17, 15) is 9.59 Å². The number of rotatable bonds is 9. The molecule has 0 bridgehead atoms. The summed E-state index contributed by atoms with van der Waals surface area (Å²) >= 11 is 6.00. The summed E-state index contributed by atoms with van der Waals surface area (Å²) in [6.45, 7) is 2.33. The van der Waals surface area contributed by atoms with E-state index in [1.165, 1.54) is 13.3 Å². The third-order valence-electron chi connectivity index (χ3n) is 3.59. The van der Waals surface area contributed by atoms with Crippen molar-refractivity contribution in [1.29, 1.82) is 0 Å². The van der Waals surface area contributed by atoms with Gasteiger partial charge in [0.1, 0.15) is 11.5 Å². The van der Waals surface area contributed by atoms with Crippen LogP contribution in [0.15, 0.2) is 47.6 Å². The molecule has 7 nitrogen and oxygen atoms in total. The molecule has 0 spiro atoms. The Hall–Kier alpha value is -3.06. The van der Waals surface area contributed by atoms with Crippen LogP contribution in [0.3, 0.4) is 0 Å². The van der Waals surface area contributed by atoms with Crippen molar-refractivity contribution in [1.82, 2.24) is 10.7 Å². The van der Waals surface area contributed by atoms with Crippen molar-refractivity contribution in [2.75, 3.05) is 20.3 Å². The van der Waals surface area contributed by atoms with Gasteiger partial charge in [-0.2, -0.15) is 5.10 Å². The van der Waals surface area contributed by atoms with Crippen LogP contribution in [0, 0.1) is 0 Å². The van der Waals surface area contributed by atoms with E-state index >= 15 is 0 Å². The molecule has 2 aromatic rings. The van der Waals surface area contributed by atoms with Gasteiger partial charge in [0.05, 0.1) is 32.0 Å². The van der Waals surface area contributed by atoms with E-state index < -0.39 is 11.8 Å². The summed E-state index contributed by atoms with van der Waals surface area (Å²) in [6, 6.07) is 11.9. The van der Waals surface area contributed by atoms with E-state index in [-0.39, 0.29) is 6.54 Å². The average molecular weight is 404 g/mol. The smallest absolute Gasteiger partial charge is 0.259 e. The average Bonchev–Trinajstić information content (AvgIpc) is 2.71. The van der Waals surface area contributed by atoms with Crippen LogP contribution in [-0.4, -0.2) is 38.3 Å². The number of hydrogen-bond acceptors (Lipinski definition) is 5. The maximum atomic E-state index is 12.2. The number of carbonyl (C=O) groups excluding carboxylic acids is 2. The zero-order valence-electron chi connectivity index (χ0n) is 15.7. The lowest BCUT2D eigenvalue weighted by atomic mass is 10.2. The van der Waals surface area contributed by atoms with Crippen LogP contribution in [0.5, 0.6) is 11.5 Å². The molecule has 0 unspecified atom stereocenters. The van der Waals surface area contributed by atoms with Crippen molar-refractivity contribution in [3.63, 3.8) is 0 Å². The Balaban J connectivity index is 1.90.